The summed E-state index contributed by atoms with van der Waals surface area (Å²) in [5.41, 5.74) is 4.50. The summed E-state index contributed by atoms with van der Waals surface area (Å²) in [6.45, 7) is 5.91. The van der Waals surface area contributed by atoms with Gasteiger partial charge in [0.05, 0.1) is 0 Å². The number of benzene rings is 2. The van der Waals surface area contributed by atoms with Gasteiger partial charge in [0.15, 0.2) is 0 Å². The van der Waals surface area contributed by atoms with Crippen LogP contribution in [0.15, 0.2) is 35.3 Å². The molecule has 0 spiro atoms. The molecule has 23 heavy (non-hydrogen) atoms. The Morgan fingerprint density at radius 1 is 1.22 bits per heavy atom. The molecule has 0 bridgehead atoms. The van der Waals surface area contributed by atoms with E-state index in [0.29, 0.717) is 10.6 Å². The Hall–Kier alpha value is -2.33. The summed E-state index contributed by atoms with van der Waals surface area (Å²) in [5.74, 6) is -0.137. The molecular formula is C18H19ClN2O2. The molecule has 0 aliphatic heterocycles. The first-order chi connectivity index (χ1) is 10.9. The van der Waals surface area contributed by atoms with Gasteiger partial charge in [0, 0.05) is 22.5 Å². The van der Waals surface area contributed by atoms with E-state index in [4.69, 9.17) is 11.6 Å². The van der Waals surface area contributed by atoms with E-state index in [1.54, 1.807) is 12.1 Å². The summed E-state index contributed by atoms with van der Waals surface area (Å²) in [4.78, 5) is 16.1. The molecule has 0 saturated heterocycles. The van der Waals surface area contributed by atoms with Crippen LogP contribution in [0.1, 0.15) is 22.3 Å². The monoisotopic (exact) mass is 330 g/mol. The van der Waals surface area contributed by atoms with Crippen molar-refractivity contribution in [2.45, 2.75) is 20.8 Å². The molecule has 2 rings (SSSR count). The van der Waals surface area contributed by atoms with Gasteiger partial charge in [0.1, 0.15) is 12.3 Å². The van der Waals surface area contributed by atoms with E-state index in [1.165, 1.54) is 12.3 Å². The lowest BCUT2D eigenvalue weighted by atomic mass is 10.1. The summed E-state index contributed by atoms with van der Waals surface area (Å²) in [5, 5.41) is 13.1. The van der Waals surface area contributed by atoms with Gasteiger partial charge < -0.3 is 10.4 Å². The number of halogens is 1. The van der Waals surface area contributed by atoms with Crippen LogP contribution in [0.4, 0.5) is 5.69 Å². The summed E-state index contributed by atoms with van der Waals surface area (Å²) in [6, 6.07) is 8.71. The average Bonchev–Trinajstić information content (AvgIpc) is 2.46. The third kappa shape index (κ3) is 4.57. The van der Waals surface area contributed by atoms with Crippen LogP contribution in [0.5, 0.6) is 5.75 Å². The van der Waals surface area contributed by atoms with Crippen molar-refractivity contribution in [3.05, 3.63) is 57.6 Å². The number of nitrogens with zero attached hydrogens (tertiary/aromatic N) is 1. The summed E-state index contributed by atoms with van der Waals surface area (Å²) < 4.78 is 0. The highest BCUT2D eigenvalue weighted by Gasteiger charge is 2.07. The van der Waals surface area contributed by atoms with Gasteiger partial charge in [-0.1, -0.05) is 29.3 Å². The van der Waals surface area contributed by atoms with Crippen LogP contribution in [0.2, 0.25) is 5.02 Å². The minimum absolute atomic E-state index is 0.0291. The van der Waals surface area contributed by atoms with Crippen molar-refractivity contribution in [3.63, 3.8) is 0 Å². The third-order valence-corrected chi connectivity index (χ3v) is 3.63. The van der Waals surface area contributed by atoms with Crippen molar-refractivity contribution < 1.29 is 9.90 Å². The molecule has 0 radical (unpaired) electrons. The van der Waals surface area contributed by atoms with E-state index in [-0.39, 0.29) is 18.2 Å². The molecule has 0 atom stereocenters. The van der Waals surface area contributed by atoms with E-state index >= 15 is 0 Å². The number of amides is 1. The molecule has 0 aromatic heterocycles. The number of hydrogen-bond donors (Lipinski definition) is 2. The molecule has 0 heterocycles. The molecule has 0 aliphatic carbocycles. The Balaban J connectivity index is 2.03. The molecule has 120 valence electrons. The van der Waals surface area contributed by atoms with Gasteiger partial charge in [0.2, 0.25) is 5.91 Å². The van der Waals surface area contributed by atoms with Gasteiger partial charge in [-0.05, 0) is 50.1 Å². The first-order valence-corrected chi connectivity index (χ1v) is 7.60. The van der Waals surface area contributed by atoms with Crippen LogP contribution in [0, 0.1) is 20.8 Å². The molecular weight excluding hydrogens is 312 g/mol. The quantitative estimate of drug-likeness (QED) is 0.831. The molecule has 5 heteroatoms. The van der Waals surface area contributed by atoms with Gasteiger partial charge in [-0.2, -0.15) is 0 Å². The number of phenols is 1. The number of aliphatic imine (C=N–C) groups is 1. The highest BCUT2D eigenvalue weighted by Crippen LogP contribution is 2.22. The maximum Gasteiger partial charge on any atom is 0.246 e. The fourth-order valence-electron chi connectivity index (χ4n) is 2.41. The van der Waals surface area contributed by atoms with Gasteiger partial charge >= 0.3 is 0 Å². The molecule has 2 aromatic carbocycles. The number of carbonyl (C=O) groups excluding carboxylic acids is 1. The second-order valence-electron chi connectivity index (χ2n) is 5.49. The minimum atomic E-state index is -0.210. The van der Waals surface area contributed by atoms with Crippen LogP contribution >= 0.6 is 11.6 Å². The number of carbonyl (C=O) groups is 1. The second kappa shape index (κ2) is 7.29. The van der Waals surface area contributed by atoms with Gasteiger partial charge in [-0.3, -0.25) is 9.79 Å². The molecule has 4 nitrogen and oxygen atoms in total. The highest BCUT2D eigenvalue weighted by molar-refractivity contribution is 6.30. The largest absolute Gasteiger partial charge is 0.507 e. The number of phenolic OH excluding ortho intramolecular Hbond substituents is 1. The maximum absolute atomic E-state index is 12.0. The predicted octanol–water partition coefficient (Wildman–Crippen LogP) is 4.03. The molecule has 0 unspecified atom stereocenters. The number of nitrogens with one attached hydrogen (secondary N) is 1. The maximum atomic E-state index is 12.0. The van der Waals surface area contributed by atoms with Crippen LogP contribution in [0.3, 0.4) is 0 Å². The van der Waals surface area contributed by atoms with Crippen LogP contribution in [0.25, 0.3) is 0 Å². The lowest BCUT2D eigenvalue weighted by Crippen LogP contribution is -2.16. The van der Waals surface area contributed by atoms with Crippen molar-refractivity contribution in [2.24, 2.45) is 4.99 Å². The molecule has 0 aliphatic rings. The number of aryl methyl sites for hydroxylation is 3. The Labute approximate surface area is 140 Å². The zero-order valence-electron chi connectivity index (χ0n) is 13.4. The smallest absolute Gasteiger partial charge is 0.246 e. The first-order valence-electron chi connectivity index (χ1n) is 7.23. The van der Waals surface area contributed by atoms with E-state index in [1.807, 2.05) is 32.9 Å². The van der Waals surface area contributed by atoms with E-state index in [2.05, 4.69) is 10.3 Å². The molecule has 0 fully saturated rings. The fraction of sp³-hybridized carbons (Fsp3) is 0.222. The van der Waals surface area contributed by atoms with Crippen LogP contribution < -0.4 is 5.32 Å². The SMILES string of the molecule is Cc1cc(C)c(NC(=O)CN=Cc2cc(Cl)ccc2O)c(C)c1. The Morgan fingerprint density at radius 2 is 1.87 bits per heavy atom. The van der Waals surface area contributed by atoms with Gasteiger partial charge in [-0.25, -0.2) is 0 Å². The van der Waals surface area contributed by atoms with E-state index < -0.39 is 0 Å². The normalized spacial score (nSPS) is 11.0. The summed E-state index contributed by atoms with van der Waals surface area (Å²) >= 11 is 5.86. The van der Waals surface area contributed by atoms with Crippen molar-refractivity contribution in [1.82, 2.24) is 0 Å². The first kappa shape index (κ1) is 17.0. The van der Waals surface area contributed by atoms with E-state index in [9.17, 15) is 9.90 Å². The summed E-state index contributed by atoms with van der Waals surface area (Å²) in [7, 11) is 0. The third-order valence-electron chi connectivity index (χ3n) is 3.40. The Kier molecular flexibility index (Phi) is 5.40. The highest BCUT2D eigenvalue weighted by atomic mass is 35.5. The molecule has 2 aromatic rings. The zero-order valence-corrected chi connectivity index (χ0v) is 14.1. The Morgan fingerprint density at radius 3 is 2.52 bits per heavy atom. The predicted molar refractivity (Wildman–Crippen MR) is 94.9 cm³/mol. The molecule has 0 saturated carbocycles. The number of aromatic hydroxyl groups is 1. The lowest BCUT2D eigenvalue weighted by molar-refractivity contribution is -0.114. The number of rotatable bonds is 4. The standard InChI is InChI=1S/C18H19ClN2O2/c1-11-6-12(2)18(13(3)7-11)21-17(23)10-20-9-14-8-15(19)4-5-16(14)22/h4-9,22H,10H2,1-3H3,(H,21,23). The van der Waals surface area contributed by atoms with Crippen molar-refractivity contribution in [3.8, 4) is 5.75 Å². The minimum Gasteiger partial charge on any atom is -0.507 e. The van der Waals surface area contributed by atoms with E-state index in [0.717, 1.165) is 22.4 Å². The van der Waals surface area contributed by atoms with Crippen LogP contribution in [-0.2, 0) is 4.79 Å². The molecule has 2 N–H and O–H groups in total. The van der Waals surface area contributed by atoms with Gasteiger partial charge in [0.25, 0.3) is 0 Å². The van der Waals surface area contributed by atoms with Crippen LogP contribution in [-0.4, -0.2) is 23.8 Å². The number of anilines is 1. The zero-order chi connectivity index (χ0) is 17.0. The van der Waals surface area contributed by atoms with Crippen molar-refractivity contribution >= 4 is 29.4 Å². The van der Waals surface area contributed by atoms with Gasteiger partial charge in [-0.15, -0.1) is 0 Å². The van der Waals surface area contributed by atoms with Crippen molar-refractivity contribution in [2.75, 3.05) is 11.9 Å². The molecule has 1 amide bonds. The topological polar surface area (TPSA) is 61.7 Å². The lowest BCUT2D eigenvalue weighted by Gasteiger charge is -2.12. The average molecular weight is 331 g/mol. The summed E-state index contributed by atoms with van der Waals surface area (Å²) in [6.07, 6.45) is 1.44. The second-order valence-corrected chi connectivity index (χ2v) is 5.93. The van der Waals surface area contributed by atoms with Crippen molar-refractivity contribution in [1.29, 1.82) is 0 Å². The Bertz CT molecular complexity index is 747. The number of hydrogen-bond acceptors (Lipinski definition) is 3. The fourth-order valence-corrected chi connectivity index (χ4v) is 2.59.